The van der Waals surface area contributed by atoms with Crippen molar-refractivity contribution in [2.75, 3.05) is 13.6 Å². The van der Waals surface area contributed by atoms with Crippen molar-refractivity contribution in [2.45, 2.75) is 12.3 Å². The lowest BCUT2D eigenvalue weighted by atomic mass is 10.1. The minimum Gasteiger partial charge on any atom is -0.454 e. The first-order valence-corrected chi connectivity index (χ1v) is 9.49. The van der Waals surface area contributed by atoms with Gasteiger partial charge in [-0.2, -0.15) is 0 Å². The van der Waals surface area contributed by atoms with Crippen LogP contribution in [0.2, 0.25) is 0 Å². The number of nitrogens with zero attached hydrogens (tertiary/aromatic N) is 2. The second-order valence-corrected chi connectivity index (χ2v) is 7.39. The summed E-state index contributed by atoms with van der Waals surface area (Å²) in [5.41, 5.74) is 1.95. The maximum atomic E-state index is 5.62. The van der Waals surface area contributed by atoms with Crippen LogP contribution in [-0.4, -0.2) is 33.8 Å². The van der Waals surface area contributed by atoms with Crippen molar-refractivity contribution in [2.24, 2.45) is 0 Å². The van der Waals surface area contributed by atoms with Crippen LogP contribution >= 0.6 is 24.4 Å². The SMILES string of the molecule is S=C1NC(c2ccc3c(c2)OCO3)N2C(=S)NC(c3ccc4c(c3)OCO4)N12. The van der Waals surface area contributed by atoms with Crippen molar-refractivity contribution < 1.29 is 18.9 Å². The highest BCUT2D eigenvalue weighted by Gasteiger charge is 2.47. The fourth-order valence-corrected chi connectivity index (χ4v) is 4.39. The number of hydrogen-bond donors (Lipinski definition) is 2. The molecule has 0 radical (unpaired) electrons. The van der Waals surface area contributed by atoms with Crippen molar-refractivity contribution in [3.63, 3.8) is 0 Å². The Kier molecular flexibility index (Phi) is 3.29. The van der Waals surface area contributed by atoms with Gasteiger partial charge >= 0.3 is 0 Å². The summed E-state index contributed by atoms with van der Waals surface area (Å²) < 4.78 is 21.8. The highest BCUT2D eigenvalue weighted by molar-refractivity contribution is 7.80. The Hall–Kier alpha value is -2.98. The zero-order chi connectivity index (χ0) is 18.8. The molecular formula is C18H14N4O4S2. The fraction of sp³-hybridized carbons (Fsp3) is 0.222. The lowest BCUT2D eigenvalue weighted by Crippen LogP contribution is -2.36. The normalized spacial score (nSPS) is 23.7. The summed E-state index contributed by atoms with van der Waals surface area (Å²) in [4.78, 5) is 0. The average Bonchev–Trinajstić information content (AvgIpc) is 3.46. The Bertz CT molecular complexity index is 951. The summed E-state index contributed by atoms with van der Waals surface area (Å²) >= 11 is 11.2. The topological polar surface area (TPSA) is 67.5 Å². The Morgan fingerprint density at radius 3 is 1.57 bits per heavy atom. The third kappa shape index (κ3) is 2.21. The van der Waals surface area contributed by atoms with Crippen LogP contribution in [0.15, 0.2) is 36.4 Å². The molecule has 142 valence electrons. The van der Waals surface area contributed by atoms with Gasteiger partial charge in [-0.25, -0.2) is 10.0 Å². The van der Waals surface area contributed by atoms with E-state index in [1.807, 2.05) is 46.4 Å². The van der Waals surface area contributed by atoms with E-state index in [1.54, 1.807) is 0 Å². The maximum Gasteiger partial charge on any atom is 0.231 e. The van der Waals surface area contributed by atoms with Gasteiger partial charge in [-0.3, -0.25) is 0 Å². The summed E-state index contributed by atoms with van der Waals surface area (Å²) in [7, 11) is 0. The first-order valence-electron chi connectivity index (χ1n) is 8.67. The molecule has 28 heavy (non-hydrogen) atoms. The Morgan fingerprint density at radius 1 is 0.679 bits per heavy atom. The molecule has 8 nitrogen and oxygen atoms in total. The predicted molar refractivity (Wildman–Crippen MR) is 106 cm³/mol. The van der Waals surface area contributed by atoms with Crippen LogP contribution in [0, 0.1) is 0 Å². The van der Waals surface area contributed by atoms with Crippen LogP contribution < -0.4 is 29.6 Å². The molecule has 0 aromatic heterocycles. The number of ether oxygens (including phenoxy) is 4. The molecule has 0 aliphatic carbocycles. The zero-order valence-corrected chi connectivity index (χ0v) is 16.0. The molecule has 4 heterocycles. The van der Waals surface area contributed by atoms with Gasteiger partial charge in [-0.05, 0) is 48.7 Å². The highest BCUT2D eigenvalue weighted by Crippen LogP contribution is 2.42. The number of thiocarbonyl (C=S) groups is 2. The van der Waals surface area contributed by atoms with Gasteiger partial charge in [0.15, 0.2) is 33.2 Å². The monoisotopic (exact) mass is 414 g/mol. The van der Waals surface area contributed by atoms with E-state index < -0.39 is 0 Å². The first kappa shape index (κ1) is 16.0. The summed E-state index contributed by atoms with van der Waals surface area (Å²) in [5.74, 6) is 2.91. The van der Waals surface area contributed by atoms with Gasteiger partial charge in [0, 0.05) is 11.1 Å². The highest BCUT2D eigenvalue weighted by atomic mass is 32.1. The molecule has 2 fully saturated rings. The summed E-state index contributed by atoms with van der Waals surface area (Å²) in [6.07, 6.45) is -0.470. The van der Waals surface area contributed by atoms with Gasteiger partial charge in [0.25, 0.3) is 0 Å². The molecule has 2 aromatic carbocycles. The van der Waals surface area contributed by atoms with Crippen LogP contribution in [0.5, 0.6) is 23.0 Å². The molecular weight excluding hydrogens is 400 g/mol. The molecule has 4 aliphatic rings. The standard InChI is InChI=1S/C18H14N4O4S2/c27-17-19-15(9-1-3-11-13(5-9)25-7-23-11)21-18(28)20-16(22(17)21)10-2-4-12-14(6-10)26-8-24-12/h1-6,15-16H,7-8H2,(H,19,27)(H,20,28). The lowest BCUT2D eigenvalue weighted by Gasteiger charge is -2.26. The van der Waals surface area contributed by atoms with E-state index in [4.69, 9.17) is 43.4 Å². The largest absolute Gasteiger partial charge is 0.454 e. The second-order valence-electron chi connectivity index (χ2n) is 6.62. The maximum absolute atomic E-state index is 5.62. The fourth-order valence-electron chi connectivity index (χ4n) is 3.78. The van der Waals surface area contributed by atoms with E-state index in [0.717, 1.165) is 22.6 Å². The van der Waals surface area contributed by atoms with E-state index in [9.17, 15) is 0 Å². The van der Waals surface area contributed by atoms with Gasteiger partial charge in [-0.15, -0.1) is 0 Å². The minimum atomic E-state index is -0.235. The number of nitrogens with one attached hydrogen (secondary N) is 2. The molecule has 0 spiro atoms. The lowest BCUT2D eigenvalue weighted by molar-refractivity contribution is 0.114. The van der Waals surface area contributed by atoms with Crippen molar-refractivity contribution >= 4 is 34.7 Å². The molecule has 2 atom stereocenters. The van der Waals surface area contributed by atoms with E-state index in [2.05, 4.69) is 10.6 Å². The summed E-state index contributed by atoms with van der Waals surface area (Å²) in [6.45, 7) is 0.467. The average molecular weight is 414 g/mol. The summed E-state index contributed by atoms with van der Waals surface area (Å²) in [5, 5.41) is 11.8. The molecule has 2 saturated heterocycles. The number of rotatable bonds is 2. The molecule has 2 N–H and O–H groups in total. The van der Waals surface area contributed by atoms with Crippen molar-refractivity contribution in [3.8, 4) is 23.0 Å². The van der Waals surface area contributed by atoms with Gasteiger partial charge in [-0.1, -0.05) is 12.1 Å². The smallest absolute Gasteiger partial charge is 0.231 e. The third-order valence-corrected chi connectivity index (χ3v) is 5.69. The van der Waals surface area contributed by atoms with Gasteiger partial charge in [0.2, 0.25) is 13.6 Å². The molecule has 0 bridgehead atoms. The van der Waals surface area contributed by atoms with Crippen LogP contribution in [0.1, 0.15) is 23.5 Å². The summed E-state index contributed by atoms with van der Waals surface area (Å²) in [6, 6.07) is 11.6. The third-order valence-electron chi connectivity index (χ3n) is 5.08. The van der Waals surface area contributed by atoms with Crippen LogP contribution in [-0.2, 0) is 0 Å². The second kappa shape index (κ2) is 5.76. The molecule has 10 heteroatoms. The minimum absolute atomic E-state index is 0.233. The molecule has 6 rings (SSSR count). The Morgan fingerprint density at radius 2 is 1.11 bits per heavy atom. The van der Waals surface area contributed by atoms with Crippen molar-refractivity contribution in [3.05, 3.63) is 47.5 Å². The van der Waals surface area contributed by atoms with Gasteiger partial charge < -0.3 is 29.6 Å². The van der Waals surface area contributed by atoms with Crippen LogP contribution in [0.25, 0.3) is 0 Å². The first-order chi connectivity index (χ1) is 13.7. The van der Waals surface area contributed by atoms with E-state index in [0.29, 0.717) is 21.7 Å². The van der Waals surface area contributed by atoms with Crippen LogP contribution in [0.4, 0.5) is 0 Å². The van der Waals surface area contributed by atoms with E-state index in [1.165, 1.54) is 0 Å². The van der Waals surface area contributed by atoms with Crippen molar-refractivity contribution in [1.82, 2.24) is 20.7 Å². The molecule has 0 amide bonds. The Labute approximate surface area is 170 Å². The number of hydrogen-bond acceptors (Lipinski definition) is 6. The molecule has 4 aliphatic heterocycles. The number of fused-ring (bicyclic) bond motifs is 3. The molecule has 2 aromatic rings. The van der Waals surface area contributed by atoms with Gasteiger partial charge in [0.1, 0.15) is 12.3 Å². The van der Waals surface area contributed by atoms with Crippen LogP contribution in [0.3, 0.4) is 0 Å². The molecule has 2 unspecified atom stereocenters. The van der Waals surface area contributed by atoms with Crippen molar-refractivity contribution in [1.29, 1.82) is 0 Å². The molecule has 0 saturated carbocycles. The van der Waals surface area contributed by atoms with Gasteiger partial charge in [0.05, 0.1) is 0 Å². The van der Waals surface area contributed by atoms with E-state index >= 15 is 0 Å². The number of hydrazine groups is 1. The number of benzene rings is 2. The Balaban J connectivity index is 1.35. The quantitative estimate of drug-likeness (QED) is 0.715. The zero-order valence-electron chi connectivity index (χ0n) is 14.4. The predicted octanol–water partition coefficient (Wildman–Crippen LogP) is 2.14. The van der Waals surface area contributed by atoms with E-state index in [-0.39, 0.29) is 25.9 Å².